The van der Waals surface area contributed by atoms with E-state index in [0.717, 1.165) is 0 Å². The van der Waals surface area contributed by atoms with Gasteiger partial charge in [0, 0.05) is 0 Å². The maximum atomic E-state index is 10.8. The molecule has 0 aliphatic rings. The molecule has 0 saturated carbocycles. The van der Waals surface area contributed by atoms with Crippen molar-refractivity contribution >= 4 is 11.8 Å². The third kappa shape index (κ3) is 2.40. The standard InChI is InChI=1S/C9H10N4O2/c1-9(2,8(14)15)12-7-6(5-10)3-4-11-13-7/h3-4H,1-2H3,(H,12,13)(H,14,15). The monoisotopic (exact) mass is 206 g/mol. The van der Waals surface area contributed by atoms with Crippen molar-refractivity contribution in [3.8, 4) is 6.07 Å². The van der Waals surface area contributed by atoms with E-state index in [4.69, 9.17) is 10.4 Å². The van der Waals surface area contributed by atoms with Gasteiger partial charge in [-0.05, 0) is 19.9 Å². The Bertz CT molecular complexity index is 422. The quantitative estimate of drug-likeness (QED) is 0.752. The van der Waals surface area contributed by atoms with Crippen molar-refractivity contribution in [2.75, 3.05) is 5.32 Å². The number of carbonyl (C=O) groups is 1. The number of aliphatic carboxylic acids is 1. The van der Waals surface area contributed by atoms with Crippen molar-refractivity contribution in [1.82, 2.24) is 10.2 Å². The van der Waals surface area contributed by atoms with Crippen molar-refractivity contribution in [2.45, 2.75) is 19.4 Å². The third-order valence-corrected chi connectivity index (χ3v) is 1.81. The average Bonchev–Trinajstić information content (AvgIpc) is 2.18. The number of rotatable bonds is 3. The molecule has 0 bridgehead atoms. The number of nitriles is 1. The van der Waals surface area contributed by atoms with Gasteiger partial charge >= 0.3 is 5.97 Å². The van der Waals surface area contributed by atoms with Crippen molar-refractivity contribution in [1.29, 1.82) is 5.26 Å². The van der Waals surface area contributed by atoms with Crippen LogP contribution in [-0.2, 0) is 4.79 Å². The summed E-state index contributed by atoms with van der Waals surface area (Å²) in [4.78, 5) is 10.8. The van der Waals surface area contributed by atoms with Crippen LogP contribution in [0, 0.1) is 11.3 Å². The SMILES string of the molecule is CC(C)(Nc1nnccc1C#N)C(=O)O. The van der Waals surface area contributed by atoms with Crippen LogP contribution in [-0.4, -0.2) is 26.8 Å². The molecular weight excluding hydrogens is 196 g/mol. The zero-order valence-corrected chi connectivity index (χ0v) is 8.35. The molecule has 0 fully saturated rings. The van der Waals surface area contributed by atoms with E-state index in [-0.39, 0.29) is 11.4 Å². The molecule has 0 aliphatic heterocycles. The predicted molar refractivity (Wildman–Crippen MR) is 52.1 cm³/mol. The molecule has 1 heterocycles. The number of nitrogens with one attached hydrogen (secondary N) is 1. The molecule has 0 aliphatic carbocycles. The smallest absolute Gasteiger partial charge is 0.328 e. The number of hydrogen-bond acceptors (Lipinski definition) is 5. The Hall–Kier alpha value is -2.16. The maximum Gasteiger partial charge on any atom is 0.328 e. The van der Waals surface area contributed by atoms with Gasteiger partial charge in [0.2, 0.25) is 0 Å². The van der Waals surface area contributed by atoms with E-state index in [0.29, 0.717) is 0 Å². The highest BCUT2D eigenvalue weighted by Crippen LogP contribution is 2.15. The van der Waals surface area contributed by atoms with Crippen LogP contribution in [0.3, 0.4) is 0 Å². The molecular formula is C9H10N4O2. The van der Waals surface area contributed by atoms with Gasteiger partial charge in [-0.15, -0.1) is 5.10 Å². The molecule has 2 N–H and O–H groups in total. The molecule has 0 unspecified atom stereocenters. The van der Waals surface area contributed by atoms with Gasteiger partial charge in [-0.1, -0.05) is 0 Å². The van der Waals surface area contributed by atoms with Gasteiger partial charge in [0.05, 0.1) is 11.8 Å². The Morgan fingerprint density at radius 3 is 2.87 bits per heavy atom. The first-order valence-corrected chi connectivity index (χ1v) is 4.21. The van der Waals surface area contributed by atoms with Gasteiger partial charge in [0.25, 0.3) is 0 Å². The van der Waals surface area contributed by atoms with Crippen LogP contribution >= 0.6 is 0 Å². The van der Waals surface area contributed by atoms with E-state index in [1.807, 2.05) is 6.07 Å². The van der Waals surface area contributed by atoms with Gasteiger partial charge in [-0.3, -0.25) is 0 Å². The largest absolute Gasteiger partial charge is 0.480 e. The van der Waals surface area contributed by atoms with Crippen LogP contribution in [0.2, 0.25) is 0 Å². The van der Waals surface area contributed by atoms with Crippen LogP contribution in [0.25, 0.3) is 0 Å². The lowest BCUT2D eigenvalue weighted by Gasteiger charge is -2.21. The highest BCUT2D eigenvalue weighted by atomic mass is 16.4. The molecule has 0 atom stereocenters. The Balaban J connectivity index is 3.00. The van der Waals surface area contributed by atoms with E-state index < -0.39 is 11.5 Å². The van der Waals surface area contributed by atoms with E-state index in [2.05, 4.69) is 15.5 Å². The first-order valence-electron chi connectivity index (χ1n) is 4.21. The molecule has 78 valence electrons. The summed E-state index contributed by atoms with van der Waals surface area (Å²) in [5.74, 6) is -0.857. The Labute approximate surface area is 86.6 Å². The molecule has 0 saturated heterocycles. The molecule has 0 spiro atoms. The summed E-state index contributed by atoms with van der Waals surface area (Å²) in [7, 11) is 0. The second kappa shape index (κ2) is 3.92. The summed E-state index contributed by atoms with van der Waals surface area (Å²) in [6.45, 7) is 2.95. The normalized spacial score (nSPS) is 10.5. The van der Waals surface area contributed by atoms with Gasteiger partial charge < -0.3 is 10.4 Å². The summed E-state index contributed by atoms with van der Waals surface area (Å²) in [6, 6.07) is 3.36. The first kappa shape index (κ1) is 10.9. The maximum absolute atomic E-state index is 10.8. The fraction of sp³-hybridized carbons (Fsp3) is 0.333. The minimum absolute atomic E-state index is 0.174. The average molecular weight is 206 g/mol. The number of nitrogens with zero attached hydrogens (tertiary/aromatic N) is 3. The minimum atomic E-state index is -1.19. The van der Waals surface area contributed by atoms with E-state index in [1.165, 1.54) is 26.1 Å². The molecule has 1 aromatic heterocycles. The molecule has 6 heteroatoms. The number of carboxylic acid groups (broad SMARTS) is 1. The highest BCUT2D eigenvalue weighted by Gasteiger charge is 2.28. The summed E-state index contributed by atoms with van der Waals surface area (Å²) in [6.07, 6.45) is 1.37. The lowest BCUT2D eigenvalue weighted by molar-refractivity contribution is -0.141. The first-order chi connectivity index (χ1) is 6.97. The van der Waals surface area contributed by atoms with Gasteiger partial charge in [0.1, 0.15) is 11.6 Å². The van der Waals surface area contributed by atoms with Crippen LogP contribution < -0.4 is 5.32 Å². The number of aromatic nitrogens is 2. The number of carboxylic acids is 1. The van der Waals surface area contributed by atoms with Crippen LogP contribution in [0.5, 0.6) is 0 Å². The number of hydrogen-bond donors (Lipinski definition) is 2. The lowest BCUT2D eigenvalue weighted by Crippen LogP contribution is -2.40. The fourth-order valence-electron chi connectivity index (χ4n) is 0.864. The Kier molecular flexibility index (Phi) is 2.85. The van der Waals surface area contributed by atoms with E-state index >= 15 is 0 Å². The molecule has 0 aromatic carbocycles. The topological polar surface area (TPSA) is 98.9 Å². The van der Waals surface area contributed by atoms with Crippen molar-refractivity contribution in [3.05, 3.63) is 17.8 Å². The molecule has 6 nitrogen and oxygen atoms in total. The lowest BCUT2D eigenvalue weighted by atomic mass is 10.1. The van der Waals surface area contributed by atoms with Crippen molar-refractivity contribution in [2.24, 2.45) is 0 Å². The fourth-order valence-corrected chi connectivity index (χ4v) is 0.864. The summed E-state index contributed by atoms with van der Waals surface area (Å²) >= 11 is 0. The van der Waals surface area contributed by atoms with Gasteiger partial charge in [0.15, 0.2) is 5.82 Å². The molecule has 15 heavy (non-hydrogen) atoms. The van der Waals surface area contributed by atoms with Gasteiger partial charge in [-0.2, -0.15) is 10.4 Å². The molecule has 1 rings (SSSR count). The summed E-state index contributed by atoms with van der Waals surface area (Å²) in [5, 5.41) is 27.5. The summed E-state index contributed by atoms with van der Waals surface area (Å²) in [5.41, 5.74) is -0.930. The highest BCUT2D eigenvalue weighted by molar-refractivity contribution is 5.81. The minimum Gasteiger partial charge on any atom is -0.480 e. The van der Waals surface area contributed by atoms with Crippen LogP contribution in [0.15, 0.2) is 12.3 Å². The zero-order valence-electron chi connectivity index (χ0n) is 8.35. The Morgan fingerprint density at radius 2 is 2.33 bits per heavy atom. The van der Waals surface area contributed by atoms with Crippen molar-refractivity contribution in [3.63, 3.8) is 0 Å². The number of anilines is 1. The van der Waals surface area contributed by atoms with E-state index in [9.17, 15) is 4.79 Å². The Morgan fingerprint density at radius 1 is 1.67 bits per heavy atom. The molecule has 0 radical (unpaired) electrons. The molecule has 1 aromatic rings. The predicted octanol–water partition coefficient (Wildman–Crippen LogP) is 0.623. The second-order valence-electron chi connectivity index (χ2n) is 3.46. The van der Waals surface area contributed by atoms with Gasteiger partial charge in [-0.25, -0.2) is 4.79 Å². The van der Waals surface area contributed by atoms with Crippen LogP contribution in [0.4, 0.5) is 5.82 Å². The summed E-state index contributed by atoms with van der Waals surface area (Å²) < 4.78 is 0. The van der Waals surface area contributed by atoms with E-state index in [1.54, 1.807) is 0 Å². The van der Waals surface area contributed by atoms with Crippen molar-refractivity contribution < 1.29 is 9.90 Å². The third-order valence-electron chi connectivity index (χ3n) is 1.81. The van der Waals surface area contributed by atoms with Crippen LogP contribution in [0.1, 0.15) is 19.4 Å². The molecule has 0 amide bonds. The zero-order chi connectivity index (χ0) is 11.5. The second-order valence-corrected chi connectivity index (χ2v) is 3.46.